The molecule has 0 bridgehead atoms. The van der Waals surface area contributed by atoms with Gasteiger partial charge in [-0.15, -0.1) is 0 Å². The van der Waals surface area contributed by atoms with E-state index in [2.05, 4.69) is 24.5 Å². The van der Waals surface area contributed by atoms with E-state index in [4.69, 9.17) is 37.7 Å². The van der Waals surface area contributed by atoms with E-state index in [1.165, 1.54) is 7.11 Å². The molecule has 0 spiro atoms. The number of halogens is 2. The van der Waals surface area contributed by atoms with Crippen molar-refractivity contribution in [2.24, 2.45) is 0 Å². The molecule has 0 saturated heterocycles. The van der Waals surface area contributed by atoms with Crippen LogP contribution in [0.25, 0.3) is 22.2 Å². The van der Waals surface area contributed by atoms with Crippen molar-refractivity contribution in [3.8, 4) is 11.1 Å². The number of fused-ring (bicyclic) bond motifs is 1. The number of rotatable bonds is 6. The molecule has 0 radical (unpaired) electrons. The second-order valence-electron chi connectivity index (χ2n) is 10.3. The summed E-state index contributed by atoms with van der Waals surface area (Å²) in [6.07, 6.45) is -0.955. The van der Waals surface area contributed by atoms with E-state index >= 15 is 0 Å². The molecule has 0 aliphatic heterocycles. The molecular weight excluding hydrogens is 507 g/mol. The second-order valence-corrected chi connectivity index (χ2v) is 11.1. The van der Waals surface area contributed by atoms with E-state index in [9.17, 15) is 4.79 Å². The number of nitrogens with zero attached hydrogens (tertiary/aromatic N) is 2. The van der Waals surface area contributed by atoms with Gasteiger partial charge < -0.3 is 14.0 Å². The fourth-order valence-electron chi connectivity index (χ4n) is 4.73. The Kier molecular flexibility index (Phi) is 7.70. The minimum atomic E-state index is -0.955. The van der Waals surface area contributed by atoms with Gasteiger partial charge in [-0.05, 0) is 82.5 Å². The van der Waals surface area contributed by atoms with Gasteiger partial charge in [0.05, 0.1) is 12.7 Å². The predicted octanol–water partition coefficient (Wildman–Crippen LogP) is 8.01. The topological polar surface area (TPSA) is 53.4 Å². The highest BCUT2D eigenvalue weighted by Gasteiger charge is 2.34. The van der Waals surface area contributed by atoms with E-state index in [0.29, 0.717) is 27.8 Å². The highest BCUT2D eigenvalue weighted by molar-refractivity contribution is 6.31. The van der Waals surface area contributed by atoms with Crippen LogP contribution in [0.5, 0.6) is 0 Å². The monoisotopic (exact) mass is 538 g/mol. The summed E-state index contributed by atoms with van der Waals surface area (Å²) in [6.45, 7) is 12.5. The average Bonchev–Trinajstić information content (AvgIpc) is 3.06. The van der Waals surface area contributed by atoms with Gasteiger partial charge in [0.15, 0.2) is 6.10 Å². The van der Waals surface area contributed by atoms with Crippen molar-refractivity contribution in [3.05, 3.63) is 86.7 Å². The van der Waals surface area contributed by atoms with Crippen LogP contribution in [0.2, 0.25) is 10.0 Å². The summed E-state index contributed by atoms with van der Waals surface area (Å²) in [5.41, 5.74) is 6.68. The molecule has 0 aliphatic rings. The number of hydrogen-bond donors (Lipinski definition) is 0. The van der Waals surface area contributed by atoms with Gasteiger partial charge in [0.25, 0.3) is 0 Å². The van der Waals surface area contributed by atoms with Crippen molar-refractivity contribution < 1.29 is 14.3 Å². The summed E-state index contributed by atoms with van der Waals surface area (Å²) < 4.78 is 13.7. The number of ether oxygens (including phenoxy) is 2. The van der Waals surface area contributed by atoms with Crippen LogP contribution in [-0.4, -0.2) is 28.2 Å². The third-order valence-corrected chi connectivity index (χ3v) is 6.98. The summed E-state index contributed by atoms with van der Waals surface area (Å²) >= 11 is 12.5. The Labute approximate surface area is 228 Å². The van der Waals surface area contributed by atoms with Gasteiger partial charge in [0, 0.05) is 44.5 Å². The summed E-state index contributed by atoms with van der Waals surface area (Å²) in [7, 11) is 1.38. The van der Waals surface area contributed by atoms with Crippen LogP contribution in [0, 0.1) is 20.8 Å². The lowest BCUT2D eigenvalue weighted by Gasteiger charge is -2.29. The SMILES string of the molecule is COC(=O)C(OC(C)(C)C)c1c(C)nc2c(c(C)c(C)n2Cc2cccc(Cl)c2)c1-c1ccc(Cl)cc1. The van der Waals surface area contributed by atoms with E-state index in [0.717, 1.165) is 39.0 Å². The molecule has 194 valence electrons. The predicted molar refractivity (Wildman–Crippen MR) is 151 cm³/mol. The number of aryl methyl sites for hydroxylation is 2. The number of esters is 1. The molecule has 1 atom stereocenters. The van der Waals surface area contributed by atoms with E-state index in [1.54, 1.807) is 0 Å². The van der Waals surface area contributed by atoms with Crippen molar-refractivity contribution in [3.63, 3.8) is 0 Å². The molecule has 2 aromatic carbocycles. The molecule has 4 rings (SSSR count). The van der Waals surface area contributed by atoms with Gasteiger partial charge in [-0.2, -0.15) is 0 Å². The Morgan fingerprint density at radius 2 is 1.70 bits per heavy atom. The van der Waals surface area contributed by atoms with Gasteiger partial charge in [0.1, 0.15) is 5.65 Å². The minimum Gasteiger partial charge on any atom is -0.467 e. The highest BCUT2D eigenvalue weighted by Crippen LogP contribution is 2.42. The fraction of sp³-hybridized carbons (Fsp3) is 0.333. The minimum absolute atomic E-state index is 0.470. The Hall–Kier alpha value is -2.86. The molecule has 7 heteroatoms. The largest absolute Gasteiger partial charge is 0.467 e. The number of aromatic nitrogens is 2. The molecule has 4 aromatic rings. The van der Waals surface area contributed by atoms with E-state index in [1.807, 2.05) is 70.2 Å². The summed E-state index contributed by atoms with van der Waals surface area (Å²) in [5, 5.41) is 2.29. The Bertz CT molecular complexity index is 1470. The smallest absolute Gasteiger partial charge is 0.339 e. The Morgan fingerprint density at radius 3 is 2.30 bits per heavy atom. The van der Waals surface area contributed by atoms with Gasteiger partial charge in [-0.1, -0.05) is 47.5 Å². The van der Waals surface area contributed by atoms with E-state index in [-0.39, 0.29) is 0 Å². The van der Waals surface area contributed by atoms with Crippen LogP contribution in [0.1, 0.15) is 55.0 Å². The van der Waals surface area contributed by atoms with Crippen molar-refractivity contribution in [2.75, 3.05) is 7.11 Å². The van der Waals surface area contributed by atoms with Crippen molar-refractivity contribution in [1.82, 2.24) is 9.55 Å². The zero-order chi connectivity index (χ0) is 27.1. The number of methoxy groups -OCH3 is 1. The molecular formula is C30H32Cl2N2O3. The summed E-state index contributed by atoms with van der Waals surface area (Å²) in [5.74, 6) is -0.470. The lowest BCUT2D eigenvalue weighted by atomic mass is 9.91. The average molecular weight is 540 g/mol. The first-order chi connectivity index (χ1) is 17.4. The van der Waals surface area contributed by atoms with E-state index < -0.39 is 17.7 Å². The molecule has 0 fully saturated rings. The Morgan fingerprint density at radius 1 is 1.03 bits per heavy atom. The molecule has 0 aliphatic carbocycles. The number of pyridine rings is 1. The number of benzene rings is 2. The number of hydrogen-bond acceptors (Lipinski definition) is 4. The quantitative estimate of drug-likeness (QED) is 0.233. The van der Waals surface area contributed by atoms with Gasteiger partial charge in [-0.3, -0.25) is 0 Å². The summed E-state index contributed by atoms with van der Waals surface area (Å²) in [6, 6.07) is 15.5. The van der Waals surface area contributed by atoms with Crippen molar-refractivity contribution in [2.45, 2.75) is 59.8 Å². The first-order valence-electron chi connectivity index (χ1n) is 12.2. The molecule has 0 saturated carbocycles. The first-order valence-corrected chi connectivity index (χ1v) is 12.9. The number of carbonyl (C=O) groups excluding carboxylic acids is 1. The van der Waals surface area contributed by atoms with Gasteiger partial charge in [0.2, 0.25) is 0 Å². The van der Waals surface area contributed by atoms with Gasteiger partial charge >= 0.3 is 5.97 Å². The van der Waals surface area contributed by atoms with Crippen molar-refractivity contribution >= 4 is 40.2 Å². The standard InChI is InChI=1S/C30H32Cl2N2O3/c1-17-19(3)34(16-20-9-8-10-23(32)15-20)28-24(17)26(21-11-13-22(31)14-12-21)25(18(2)33-28)27(29(35)36-7)37-30(4,5)6/h8-15,27H,16H2,1-7H3. The third kappa shape index (κ3) is 5.54. The Balaban J connectivity index is 2.08. The lowest BCUT2D eigenvalue weighted by molar-refractivity contribution is -0.164. The van der Waals surface area contributed by atoms with Crippen LogP contribution in [0.3, 0.4) is 0 Å². The maximum Gasteiger partial charge on any atom is 0.339 e. The second kappa shape index (κ2) is 10.5. The molecule has 37 heavy (non-hydrogen) atoms. The maximum absolute atomic E-state index is 13.1. The first kappa shape index (κ1) is 27.2. The lowest BCUT2D eigenvalue weighted by Crippen LogP contribution is -2.29. The molecule has 2 heterocycles. The molecule has 2 aromatic heterocycles. The van der Waals surface area contributed by atoms with Gasteiger partial charge in [-0.25, -0.2) is 9.78 Å². The molecule has 1 unspecified atom stereocenters. The van der Waals surface area contributed by atoms with Crippen LogP contribution in [0.4, 0.5) is 0 Å². The normalized spacial score (nSPS) is 12.7. The fourth-order valence-corrected chi connectivity index (χ4v) is 5.07. The maximum atomic E-state index is 13.1. The van der Waals surface area contributed by atoms with Crippen LogP contribution in [-0.2, 0) is 20.8 Å². The van der Waals surface area contributed by atoms with Crippen LogP contribution < -0.4 is 0 Å². The summed E-state index contributed by atoms with van der Waals surface area (Å²) in [4.78, 5) is 18.2. The van der Waals surface area contributed by atoms with Crippen LogP contribution in [0.15, 0.2) is 48.5 Å². The molecule has 0 amide bonds. The zero-order valence-electron chi connectivity index (χ0n) is 22.3. The molecule has 5 nitrogen and oxygen atoms in total. The highest BCUT2D eigenvalue weighted by atomic mass is 35.5. The van der Waals surface area contributed by atoms with Crippen molar-refractivity contribution in [1.29, 1.82) is 0 Å². The zero-order valence-corrected chi connectivity index (χ0v) is 23.8. The number of carbonyl (C=O) groups is 1. The third-order valence-electron chi connectivity index (χ3n) is 6.50. The molecule has 0 N–H and O–H groups in total. The van der Waals surface area contributed by atoms with Crippen LogP contribution >= 0.6 is 23.2 Å².